The van der Waals surface area contributed by atoms with Gasteiger partial charge in [0.1, 0.15) is 11.5 Å². The van der Waals surface area contributed by atoms with Gasteiger partial charge in [-0.2, -0.15) is 0 Å². The summed E-state index contributed by atoms with van der Waals surface area (Å²) in [4.78, 5) is 0. The highest BCUT2D eigenvalue weighted by atomic mass is 16.7. The smallest absolute Gasteiger partial charge is 0.231 e. The third-order valence-electron chi connectivity index (χ3n) is 5.36. The monoisotopic (exact) mass is 374 g/mol. The van der Waals surface area contributed by atoms with Crippen LogP contribution >= 0.6 is 0 Å². The summed E-state index contributed by atoms with van der Waals surface area (Å²) in [6.45, 7) is 1.58. The van der Waals surface area contributed by atoms with E-state index in [0.29, 0.717) is 20.0 Å². The number of para-hydroxylation sites is 1. The van der Waals surface area contributed by atoms with Crippen LogP contribution in [0, 0.1) is 0 Å². The zero-order chi connectivity index (χ0) is 18.8. The first-order chi connectivity index (χ1) is 13.8. The standard InChI is InChI=1S/C24H22O4/c1-2-6-20(7-3-1)28-21-8-4-5-18(13-21)15-25-16-24(11-12-24)19-9-10-22-23(14-19)27-17-26-22/h1-10,13-14H,11-12,15-17H2. The fourth-order valence-corrected chi connectivity index (χ4v) is 3.58. The lowest BCUT2D eigenvalue weighted by Crippen LogP contribution is -2.15. The maximum Gasteiger partial charge on any atom is 0.231 e. The molecule has 2 aliphatic rings. The van der Waals surface area contributed by atoms with Crippen LogP contribution in [0.25, 0.3) is 0 Å². The molecule has 0 radical (unpaired) electrons. The van der Waals surface area contributed by atoms with Crippen molar-refractivity contribution in [3.8, 4) is 23.0 Å². The zero-order valence-corrected chi connectivity index (χ0v) is 15.6. The Morgan fingerprint density at radius 1 is 0.786 bits per heavy atom. The van der Waals surface area contributed by atoms with Gasteiger partial charge in [-0.05, 0) is 60.4 Å². The molecule has 5 rings (SSSR count). The van der Waals surface area contributed by atoms with Crippen molar-refractivity contribution in [1.29, 1.82) is 0 Å². The number of hydrogen-bond donors (Lipinski definition) is 0. The van der Waals surface area contributed by atoms with Crippen molar-refractivity contribution >= 4 is 0 Å². The molecular formula is C24H22O4. The Morgan fingerprint density at radius 2 is 1.61 bits per heavy atom. The first-order valence-corrected chi connectivity index (χ1v) is 9.61. The Morgan fingerprint density at radius 3 is 2.46 bits per heavy atom. The predicted octanol–water partition coefficient (Wildman–Crippen LogP) is 5.46. The van der Waals surface area contributed by atoms with Crippen molar-refractivity contribution in [2.75, 3.05) is 13.4 Å². The third kappa shape index (κ3) is 3.56. The topological polar surface area (TPSA) is 36.9 Å². The first-order valence-electron chi connectivity index (χ1n) is 9.61. The maximum absolute atomic E-state index is 6.10. The van der Waals surface area contributed by atoms with E-state index < -0.39 is 0 Å². The Balaban J connectivity index is 1.21. The van der Waals surface area contributed by atoms with E-state index in [-0.39, 0.29) is 5.41 Å². The van der Waals surface area contributed by atoms with Gasteiger partial charge in [0.2, 0.25) is 6.79 Å². The Bertz CT molecular complexity index is 963. The Labute approximate surface area is 164 Å². The molecule has 1 saturated carbocycles. The quantitative estimate of drug-likeness (QED) is 0.551. The summed E-state index contributed by atoms with van der Waals surface area (Å²) in [6.07, 6.45) is 2.29. The molecule has 28 heavy (non-hydrogen) atoms. The first kappa shape index (κ1) is 17.1. The lowest BCUT2D eigenvalue weighted by Gasteiger charge is -2.17. The molecule has 1 aliphatic heterocycles. The van der Waals surface area contributed by atoms with Gasteiger partial charge in [0.25, 0.3) is 0 Å². The summed E-state index contributed by atoms with van der Waals surface area (Å²) >= 11 is 0. The molecule has 1 fully saturated rings. The van der Waals surface area contributed by atoms with E-state index in [4.69, 9.17) is 18.9 Å². The molecule has 1 heterocycles. The average molecular weight is 374 g/mol. The SMILES string of the molecule is c1ccc(Oc2cccc(COCC3(c4ccc5c(c4)OCO5)CC3)c2)cc1. The van der Waals surface area contributed by atoms with Gasteiger partial charge in [0.15, 0.2) is 11.5 Å². The van der Waals surface area contributed by atoms with Gasteiger partial charge in [0, 0.05) is 5.41 Å². The van der Waals surface area contributed by atoms with Crippen LogP contribution in [0.4, 0.5) is 0 Å². The van der Waals surface area contributed by atoms with Crippen LogP contribution in [0.1, 0.15) is 24.0 Å². The number of hydrogen-bond acceptors (Lipinski definition) is 4. The second-order valence-corrected chi connectivity index (χ2v) is 7.40. The molecule has 142 valence electrons. The normalized spacial score (nSPS) is 16.0. The average Bonchev–Trinajstić information content (AvgIpc) is 3.36. The summed E-state index contributed by atoms with van der Waals surface area (Å²) in [5.74, 6) is 3.33. The van der Waals surface area contributed by atoms with Crippen LogP contribution < -0.4 is 14.2 Å². The van der Waals surface area contributed by atoms with E-state index in [9.17, 15) is 0 Å². The number of benzene rings is 3. The second kappa shape index (κ2) is 7.21. The highest BCUT2D eigenvalue weighted by Gasteiger charge is 2.45. The van der Waals surface area contributed by atoms with Gasteiger partial charge in [0.05, 0.1) is 13.2 Å². The fraction of sp³-hybridized carbons (Fsp3) is 0.250. The van der Waals surface area contributed by atoms with Crippen LogP contribution in [0.2, 0.25) is 0 Å². The Kier molecular flexibility index (Phi) is 4.41. The molecule has 3 aromatic carbocycles. The highest BCUT2D eigenvalue weighted by molar-refractivity contribution is 5.48. The van der Waals surface area contributed by atoms with E-state index in [1.165, 1.54) is 5.56 Å². The minimum Gasteiger partial charge on any atom is -0.457 e. The van der Waals surface area contributed by atoms with E-state index in [2.05, 4.69) is 18.2 Å². The van der Waals surface area contributed by atoms with Crippen LogP contribution in [0.15, 0.2) is 72.8 Å². The molecule has 3 aromatic rings. The Hall–Kier alpha value is -2.98. The number of rotatable bonds is 7. The van der Waals surface area contributed by atoms with Gasteiger partial charge < -0.3 is 18.9 Å². The van der Waals surface area contributed by atoms with Crippen molar-refractivity contribution in [2.24, 2.45) is 0 Å². The molecule has 0 bridgehead atoms. The lowest BCUT2D eigenvalue weighted by molar-refractivity contribution is 0.100. The van der Waals surface area contributed by atoms with Crippen molar-refractivity contribution in [2.45, 2.75) is 24.9 Å². The molecule has 0 amide bonds. The largest absolute Gasteiger partial charge is 0.457 e. The summed E-state index contributed by atoms with van der Waals surface area (Å²) in [7, 11) is 0. The van der Waals surface area contributed by atoms with Gasteiger partial charge in [-0.25, -0.2) is 0 Å². The van der Waals surface area contributed by atoms with Gasteiger partial charge in [-0.3, -0.25) is 0 Å². The molecule has 0 unspecified atom stereocenters. The van der Waals surface area contributed by atoms with Crippen LogP contribution in [0.3, 0.4) is 0 Å². The van der Waals surface area contributed by atoms with E-state index in [1.54, 1.807) is 0 Å². The minimum absolute atomic E-state index is 0.110. The molecule has 4 heteroatoms. The van der Waals surface area contributed by atoms with Crippen molar-refractivity contribution in [3.63, 3.8) is 0 Å². The molecule has 1 aliphatic carbocycles. The third-order valence-corrected chi connectivity index (χ3v) is 5.36. The second-order valence-electron chi connectivity index (χ2n) is 7.40. The number of fused-ring (bicyclic) bond motifs is 1. The molecular weight excluding hydrogens is 352 g/mol. The van der Waals surface area contributed by atoms with Crippen LogP contribution in [-0.4, -0.2) is 13.4 Å². The summed E-state index contributed by atoms with van der Waals surface area (Å²) in [5.41, 5.74) is 2.49. The summed E-state index contributed by atoms with van der Waals surface area (Å²) < 4.78 is 22.9. The van der Waals surface area contributed by atoms with Gasteiger partial charge >= 0.3 is 0 Å². The van der Waals surface area contributed by atoms with E-state index in [1.807, 2.05) is 54.6 Å². The molecule has 0 aromatic heterocycles. The minimum atomic E-state index is 0.110. The van der Waals surface area contributed by atoms with Crippen LogP contribution in [0.5, 0.6) is 23.0 Å². The van der Waals surface area contributed by atoms with E-state index in [0.717, 1.165) is 41.4 Å². The van der Waals surface area contributed by atoms with Crippen LogP contribution in [-0.2, 0) is 16.8 Å². The summed E-state index contributed by atoms with van der Waals surface area (Å²) in [6, 6.07) is 24.1. The molecule has 0 saturated heterocycles. The molecule has 0 atom stereocenters. The molecule has 0 N–H and O–H groups in total. The predicted molar refractivity (Wildman–Crippen MR) is 106 cm³/mol. The fourth-order valence-electron chi connectivity index (χ4n) is 3.58. The van der Waals surface area contributed by atoms with Crippen molar-refractivity contribution in [3.05, 3.63) is 83.9 Å². The van der Waals surface area contributed by atoms with Crippen molar-refractivity contribution in [1.82, 2.24) is 0 Å². The number of ether oxygens (including phenoxy) is 4. The van der Waals surface area contributed by atoms with Gasteiger partial charge in [-0.15, -0.1) is 0 Å². The molecule has 4 nitrogen and oxygen atoms in total. The lowest BCUT2D eigenvalue weighted by atomic mass is 9.96. The highest BCUT2D eigenvalue weighted by Crippen LogP contribution is 2.50. The van der Waals surface area contributed by atoms with E-state index >= 15 is 0 Å². The summed E-state index contributed by atoms with van der Waals surface area (Å²) in [5, 5.41) is 0. The van der Waals surface area contributed by atoms with Gasteiger partial charge in [-0.1, -0.05) is 36.4 Å². The zero-order valence-electron chi connectivity index (χ0n) is 15.6. The maximum atomic E-state index is 6.10. The van der Waals surface area contributed by atoms with Crippen molar-refractivity contribution < 1.29 is 18.9 Å². The molecule has 0 spiro atoms.